The summed E-state index contributed by atoms with van der Waals surface area (Å²) in [7, 11) is 1.42. The minimum atomic E-state index is -0.147. The summed E-state index contributed by atoms with van der Waals surface area (Å²) in [6.45, 7) is 2.12. The second kappa shape index (κ2) is 7.85. The van der Waals surface area contributed by atoms with Crippen LogP contribution in [0.25, 0.3) is 0 Å². The third kappa shape index (κ3) is 4.86. The van der Waals surface area contributed by atoms with E-state index in [-0.39, 0.29) is 11.8 Å². The number of carbonyl (C=O) groups excluding carboxylic acids is 2. The Morgan fingerprint density at radius 3 is 2.89 bits per heavy atom. The van der Waals surface area contributed by atoms with Crippen molar-refractivity contribution in [1.29, 1.82) is 0 Å². The van der Waals surface area contributed by atoms with Gasteiger partial charge in [0.2, 0.25) is 0 Å². The predicted molar refractivity (Wildman–Crippen MR) is 71.1 cm³/mol. The number of carbonyl (C=O) groups is 2. The van der Waals surface area contributed by atoms with Crippen molar-refractivity contribution in [1.82, 2.24) is 0 Å². The first kappa shape index (κ1) is 14.7. The topological polar surface area (TPSA) is 43.4 Å². The number of hydrogen-bond acceptors (Lipinski definition) is 3. The van der Waals surface area contributed by atoms with Gasteiger partial charge in [-0.2, -0.15) is 0 Å². The first-order valence-electron chi connectivity index (χ1n) is 6.64. The molecule has 1 atom stereocenters. The van der Waals surface area contributed by atoms with Gasteiger partial charge in [-0.3, -0.25) is 9.59 Å². The van der Waals surface area contributed by atoms with E-state index in [1.807, 2.05) is 12.2 Å². The summed E-state index contributed by atoms with van der Waals surface area (Å²) in [4.78, 5) is 22.5. The van der Waals surface area contributed by atoms with Gasteiger partial charge in [0, 0.05) is 18.4 Å². The van der Waals surface area contributed by atoms with E-state index < -0.39 is 0 Å². The summed E-state index contributed by atoms with van der Waals surface area (Å²) in [5, 5.41) is 0. The summed E-state index contributed by atoms with van der Waals surface area (Å²) >= 11 is 0. The van der Waals surface area contributed by atoms with Gasteiger partial charge < -0.3 is 4.74 Å². The third-order valence-electron chi connectivity index (χ3n) is 3.39. The maximum atomic E-state index is 11.4. The molecule has 1 unspecified atom stereocenters. The Morgan fingerprint density at radius 1 is 1.56 bits per heavy atom. The smallest absolute Gasteiger partial charge is 0.305 e. The largest absolute Gasteiger partial charge is 0.469 e. The molecule has 1 aliphatic carbocycles. The van der Waals surface area contributed by atoms with E-state index in [9.17, 15) is 9.59 Å². The van der Waals surface area contributed by atoms with Crippen LogP contribution < -0.4 is 0 Å². The fourth-order valence-corrected chi connectivity index (χ4v) is 2.08. The Labute approximate surface area is 109 Å². The molecule has 18 heavy (non-hydrogen) atoms. The van der Waals surface area contributed by atoms with E-state index in [2.05, 4.69) is 17.7 Å². The Bertz CT molecular complexity index is 353. The molecule has 0 spiro atoms. The van der Waals surface area contributed by atoms with Crippen molar-refractivity contribution in [3.05, 3.63) is 23.8 Å². The fourth-order valence-electron chi connectivity index (χ4n) is 2.08. The van der Waals surface area contributed by atoms with Crippen LogP contribution in [-0.2, 0) is 14.3 Å². The summed E-state index contributed by atoms with van der Waals surface area (Å²) in [5.74, 6) is 0.581. The molecule has 3 heteroatoms. The first-order valence-corrected chi connectivity index (χ1v) is 6.64. The van der Waals surface area contributed by atoms with E-state index in [1.165, 1.54) is 7.11 Å². The minimum Gasteiger partial charge on any atom is -0.469 e. The van der Waals surface area contributed by atoms with E-state index in [0.29, 0.717) is 18.8 Å². The number of methoxy groups -OCH3 is 1. The van der Waals surface area contributed by atoms with E-state index in [4.69, 9.17) is 0 Å². The van der Waals surface area contributed by atoms with Crippen molar-refractivity contribution in [3.63, 3.8) is 0 Å². The highest BCUT2D eigenvalue weighted by molar-refractivity contribution is 6.00. The molecule has 1 aliphatic rings. The Balaban J connectivity index is 2.32. The molecule has 0 bridgehead atoms. The molecule has 0 N–H and O–H groups in total. The van der Waals surface area contributed by atoms with Crippen molar-refractivity contribution in [2.24, 2.45) is 5.92 Å². The molecule has 0 amide bonds. The highest BCUT2D eigenvalue weighted by Gasteiger charge is 2.12. The van der Waals surface area contributed by atoms with Crippen molar-refractivity contribution in [2.45, 2.75) is 45.4 Å². The number of ether oxygens (including phenoxy) is 1. The van der Waals surface area contributed by atoms with Crippen molar-refractivity contribution in [2.75, 3.05) is 7.11 Å². The molecule has 0 aliphatic heterocycles. The maximum Gasteiger partial charge on any atom is 0.305 e. The van der Waals surface area contributed by atoms with Crippen LogP contribution in [0.4, 0.5) is 0 Å². The Hall–Kier alpha value is -1.38. The lowest BCUT2D eigenvalue weighted by molar-refractivity contribution is -0.140. The number of esters is 1. The lowest BCUT2D eigenvalue weighted by atomic mass is 9.96. The fraction of sp³-hybridized carbons (Fsp3) is 0.600. The molecular weight excluding hydrogens is 228 g/mol. The van der Waals surface area contributed by atoms with E-state index in [1.54, 1.807) is 0 Å². The van der Waals surface area contributed by atoms with E-state index in [0.717, 1.165) is 31.3 Å². The number of ketones is 1. The molecule has 0 aromatic heterocycles. The first-order chi connectivity index (χ1) is 8.67. The van der Waals surface area contributed by atoms with Crippen molar-refractivity contribution >= 4 is 11.8 Å². The molecule has 0 saturated carbocycles. The summed E-state index contributed by atoms with van der Waals surface area (Å²) in [6.07, 6.45) is 10.8. The zero-order chi connectivity index (χ0) is 13.4. The number of rotatable bonds is 7. The van der Waals surface area contributed by atoms with Crippen molar-refractivity contribution in [3.8, 4) is 0 Å². The quantitative estimate of drug-likeness (QED) is 0.652. The van der Waals surface area contributed by atoms with Crippen LogP contribution in [0.2, 0.25) is 0 Å². The van der Waals surface area contributed by atoms with E-state index >= 15 is 0 Å². The van der Waals surface area contributed by atoms with Crippen LogP contribution >= 0.6 is 0 Å². The van der Waals surface area contributed by atoms with Crippen LogP contribution in [0.15, 0.2) is 23.8 Å². The molecule has 0 radical (unpaired) electrons. The second-order valence-corrected chi connectivity index (χ2v) is 4.65. The second-order valence-electron chi connectivity index (χ2n) is 4.65. The monoisotopic (exact) mass is 250 g/mol. The SMILES string of the molecule is CCC(C/C=C\C1=CCCC1=O)CCC(=O)OC. The predicted octanol–water partition coefficient (Wildman–Crippen LogP) is 3.20. The molecule has 0 saturated heterocycles. The lowest BCUT2D eigenvalue weighted by Gasteiger charge is -2.11. The molecule has 0 aromatic rings. The molecule has 0 fully saturated rings. The third-order valence-corrected chi connectivity index (χ3v) is 3.39. The van der Waals surface area contributed by atoms with Crippen LogP contribution in [-0.4, -0.2) is 18.9 Å². The molecular formula is C15H22O3. The number of Topliss-reactive ketones (excluding diaryl/α,β-unsaturated/α-hetero) is 1. The van der Waals surface area contributed by atoms with Gasteiger partial charge in [-0.1, -0.05) is 31.6 Å². The maximum absolute atomic E-state index is 11.4. The van der Waals surface area contributed by atoms with Gasteiger partial charge in [0.1, 0.15) is 0 Å². The molecule has 3 nitrogen and oxygen atoms in total. The molecule has 0 aromatic carbocycles. The van der Waals surface area contributed by atoms with Gasteiger partial charge in [-0.05, 0) is 25.2 Å². The normalized spacial score (nSPS) is 17.0. The highest BCUT2D eigenvalue weighted by atomic mass is 16.5. The van der Waals surface area contributed by atoms with Gasteiger partial charge in [0.15, 0.2) is 5.78 Å². The zero-order valence-electron chi connectivity index (χ0n) is 11.3. The van der Waals surface area contributed by atoms with Gasteiger partial charge in [0.25, 0.3) is 0 Å². The molecule has 100 valence electrons. The molecule has 0 heterocycles. The summed E-state index contributed by atoms with van der Waals surface area (Å²) < 4.78 is 4.63. The van der Waals surface area contributed by atoms with Crippen LogP contribution in [0.3, 0.4) is 0 Å². The van der Waals surface area contributed by atoms with Crippen molar-refractivity contribution < 1.29 is 14.3 Å². The average Bonchev–Trinajstić information content (AvgIpc) is 2.78. The highest BCUT2D eigenvalue weighted by Crippen LogP contribution is 2.19. The minimum absolute atomic E-state index is 0.147. The standard InChI is InChI=1S/C15H22O3/c1-3-12(10-11-15(17)18-2)6-4-7-13-8-5-9-14(13)16/h4,7-8,12H,3,5-6,9-11H2,1-2H3/b7-4-. The van der Waals surface area contributed by atoms with Gasteiger partial charge in [-0.25, -0.2) is 0 Å². The van der Waals surface area contributed by atoms with Gasteiger partial charge in [-0.15, -0.1) is 0 Å². The van der Waals surface area contributed by atoms with Crippen LogP contribution in [0.1, 0.15) is 45.4 Å². The Morgan fingerprint density at radius 2 is 2.33 bits per heavy atom. The van der Waals surface area contributed by atoms with Crippen LogP contribution in [0, 0.1) is 5.92 Å². The van der Waals surface area contributed by atoms with Gasteiger partial charge in [0.05, 0.1) is 7.11 Å². The number of allylic oxidation sites excluding steroid dienone is 4. The van der Waals surface area contributed by atoms with Gasteiger partial charge >= 0.3 is 5.97 Å². The molecule has 1 rings (SSSR count). The van der Waals surface area contributed by atoms with Crippen LogP contribution in [0.5, 0.6) is 0 Å². The zero-order valence-corrected chi connectivity index (χ0v) is 11.3. The average molecular weight is 250 g/mol. The lowest BCUT2D eigenvalue weighted by Crippen LogP contribution is -2.05. The summed E-state index contributed by atoms with van der Waals surface area (Å²) in [5.41, 5.74) is 0.845. The summed E-state index contributed by atoms with van der Waals surface area (Å²) in [6, 6.07) is 0. The number of hydrogen-bond donors (Lipinski definition) is 0. The Kier molecular flexibility index (Phi) is 6.40.